The lowest BCUT2D eigenvalue weighted by molar-refractivity contribution is -0.670. The lowest BCUT2D eigenvalue weighted by Gasteiger charge is -2.38. The van der Waals surface area contributed by atoms with Gasteiger partial charge in [-0.05, 0) is 141 Å². The van der Waals surface area contributed by atoms with Gasteiger partial charge in [-0.1, -0.05) is 305 Å². The van der Waals surface area contributed by atoms with Crippen molar-refractivity contribution in [2.24, 2.45) is 7.05 Å². The Morgan fingerprint density at radius 3 is 0.615 bits per heavy atom. The van der Waals surface area contributed by atoms with E-state index in [-0.39, 0.29) is 32.5 Å². The molecule has 464 valence electrons. The van der Waals surface area contributed by atoms with Gasteiger partial charge in [0.2, 0.25) is 0 Å². The summed E-state index contributed by atoms with van der Waals surface area (Å²) in [4.78, 5) is 0. The first kappa shape index (κ1) is 63.7. The van der Waals surface area contributed by atoms with Gasteiger partial charge in [-0.25, -0.2) is 13.9 Å². The van der Waals surface area contributed by atoms with Crippen molar-refractivity contribution in [3.05, 3.63) is 303 Å². The van der Waals surface area contributed by atoms with Crippen LogP contribution in [-0.2, 0) is 50.4 Å². The van der Waals surface area contributed by atoms with Crippen LogP contribution >= 0.6 is 0 Å². The Hall–Kier alpha value is -8.81. The number of aryl methyl sites for hydroxylation is 1. The second-order valence-corrected chi connectivity index (χ2v) is 31.6. The molecule has 0 spiro atoms. The minimum absolute atomic E-state index is 0.00786. The molecule has 0 atom stereocenters. The lowest BCUT2D eigenvalue weighted by Crippen LogP contribution is -2.31. The lowest BCUT2D eigenvalue weighted by atomic mass is 9.64. The Balaban J connectivity index is 0.934. The van der Waals surface area contributed by atoms with E-state index in [1.807, 2.05) is 28.8 Å². The summed E-state index contributed by atoms with van der Waals surface area (Å²) >= 11 is 0. The quantitative estimate of drug-likeness (QED) is 0.0903. The molecule has 0 fully saturated rings. The number of nitrogens with zero attached hydrogens (tertiary/aromatic N) is 7. The van der Waals surface area contributed by atoms with E-state index in [1.54, 1.807) is 0 Å². The van der Waals surface area contributed by atoms with Crippen LogP contribution in [0.4, 0.5) is 0 Å². The van der Waals surface area contributed by atoms with E-state index >= 15 is 0 Å². The van der Waals surface area contributed by atoms with Gasteiger partial charge in [0.1, 0.15) is 18.4 Å². The first-order valence-electron chi connectivity index (χ1n) is 32.5. The summed E-state index contributed by atoms with van der Waals surface area (Å²) in [5.41, 5.74) is 21.3. The maximum Gasteiger partial charge on any atom is 0.178 e. The van der Waals surface area contributed by atoms with E-state index in [1.165, 1.54) is 66.8 Å². The minimum atomic E-state index is -0.639. The molecule has 91 heavy (non-hydrogen) atoms. The fourth-order valence-corrected chi connectivity index (χ4v) is 13.1. The molecule has 0 saturated heterocycles. The minimum Gasteiger partial charge on any atom is -0.220 e. The SMILES string of the molecule is C[n+]1cc(-c2cn(-c3ccc(C(c4ccc(C(C)(C)C)cc4)(c4ccc(C(C)(C)C)cc4)c4ccc(C(C)(C)C)cc4)cc3)nn2)cc(-c2cn(-c3ccc(C(c4ccc(C(C)(C)C)cc4)(c4ccc(C(C)(C)C)cc4)c4ccc(C(C)(C)C)cc4)cc3)nn2)c1. The van der Waals surface area contributed by atoms with Gasteiger partial charge in [0.15, 0.2) is 12.4 Å². The molecule has 0 bridgehead atoms. The molecular weight excluding hydrogens is 1110 g/mol. The molecule has 0 aliphatic rings. The second kappa shape index (κ2) is 23.5. The Morgan fingerprint density at radius 1 is 0.253 bits per heavy atom. The van der Waals surface area contributed by atoms with E-state index in [9.17, 15) is 0 Å². The van der Waals surface area contributed by atoms with Crippen molar-refractivity contribution in [1.82, 2.24) is 30.0 Å². The summed E-state index contributed by atoms with van der Waals surface area (Å²) in [7, 11) is 2.03. The monoisotopic (exact) mass is 1200 g/mol. The number of rotatable bonds is 12. The average Bonchev–Trinajstić information content (AvgIpc) is 1.59. The molecule has 3 heterocycles. The predicted molar refractivity (Wildman–Crippen MR) is 377 cm³/mol. The predicted octanol–water partition coefficient (Wildman–Crippen LogP) is 19.6. The maximum absolute atomic E-state index is 4.79. The molecule has 0 N–H and O–H groups in total. The first-order valence-corrected chi connectivity index (χ1v) is 32.5. The Kier molecular flexibility index (Phi) is 16.4. The van der Waals surface area contributed by atoms with Crippen molar-refractivity contribution in [1.29, 1.82) is 0 Å². The Bertz CT molecular complexity index is 3750. The van der Waals surface area contributed by atoms with E-state index in [0.717, 1.165) is 45.0 Å². The van der Waals surface area contributed by atoms with Crippen LogP contribution in [0.2, 0.25) is 0 Å². The summed E-state index contributed by atoms with van der Waals surface area (Å²) in [5, 5.41) is 19.1. The van der Waals surface area contributed by atoms with E-state index in [4.69, 9.17) is 20.6 Å². The van der Waals surface area contributed by atoms with Gasteiger partial charge in [0.25, 0.3) is 0 Å². The van der Waals surface area contributed by atoms with Gasteiger partial charge in [0.05, 0.1) is 45.7 Å². The maximum atomic E-state index is 4.79. The molecule has 7 nitrogen and oxygen atoms in total. The molecule has 11 rings (SSSR count). The van der Waals surface area contributed by atoms with Gasteiger partial charge in [-0.3, -0.25) is 0 Å². The van der Waals surface area contributed by atoms with Crippen LogP contribution in [0.1, 0.15) is 203 Å². The summed E-state index contributed by atoms with van der Waals surface area (Å²) < 4.78 is 5.80. The van der Waals surface area contributed by atoms with E-state index in [0.29, 0.717) is 0 Å². The zero-order valence-corrected chi connectivity index (χ0v) is 57.5. The third-order valence-electron chi connectivity index (χ3n) is 18.8. The molecule has 0 radical (unpaired) electrons. The van der Waals surface area contributed by atoms with Gasteiger partial charge < -0.3 is 0 Å². The molecule has 7 heteroatoms. The summed E-state index contributed by atoms with van der Waals surface area (Å²) in [6, 6.07) is 75.9. The van der Waals surface area contributed by atoms with Gasteiger partial charge in [0, 0.05) is 0 Å². The van der Waals surface area contributed by atoms with Crippen molar-refractivity contribution in [2.75, 3.05) is 0 Å². The molecule has 3 aromatic heterocycles. The van der Waals surface area contributed by atoms with Crippen molar-refractivity contribution in [2.45, 2.75) is 168 Å². The zero-order chi connectivity index (χ0) is 65.3. The van der Waals surface area contributed by atoms with Crippen molar-refractivity contribution in [3.8, 4) is 33.9 Å². The molecular formula is C84H94N7+. The van der Waals surface area contributed by atoms with E-state index < -0.39 is 10.8 Å². The van der Waals surface area contributed by atoms with Gasteiger partial charge in [-0.15, -0.1) is 10.2 Å². The molecule has 0 amide bonds. The van der Waals surface area contributed by atoms with Gasteiger partial charge >= 0.3 is 0 Å². The third-order valence-corrected chi connectivity index (χ3v) is 18.8. The van der Waals surface area contributed by atoms with Crippen LogP contribution in [0.3, 0.4) is 0 Å². The van der Waals surface area contributed by atoms with Crippen LogP contribution in [-0.4, -0.2) is 30.0 Å². The highest BCUT2D eigenvalue weighted by atomic mass is 15.4. The average molecular weight is 1200 g/mol. The molecule has 0 unspecified atom stereocenters. The van der Waals surface area contributed by atoms with Gasteiger partial charge in [-0.2, -0.15) is 0 Å². The fourth-order valence-electron chi connectivity index (χ4n) is 13.1. The van der Waals surface area contributed by atoms with Crippen molar-refractivity contribution >= 4 is 0 Å². The standard InChI is InChI=1S/C84H94N7/c1-77(2,3)59-20-32-65(33-21-59)83(66-34-22-60(23-35-66)78(4,5)6,67-36-24-61(25-37-67)79(7,8)9)71-44-48-73(49-45-71)90-55-75(85-87-90)57-52-58(54-89(19)53-57)76-56-91(88-86-76)74-50-46-72(47-51-74)84(68-38-26-62(27-39-68)80(10,11)12,69-40-28-63(29-41-69)81(13,14)15)70-42-30-64(31-43-70)82(16,17)18/h20-56H,1-19H3/q+1. The summed E-state index contributed by atoms with van der Waals surface area (Å²) in [5.74, 6) is 0. The van der Waals surface area contributed by atoms with Crippen LogP contribution in [0, 0.1) is 0 Å². The molecule has 0 aliphatic carbocycles. The highest BCUT2D eigenvalue weighted by Crippen LogP contribution is 2.49. The highest BCUT2D eigenvalue weighted by molar-refractivity contribution is 5.68. The van der Waals surface area contributed by atoms with E-state index in [2.05, 4.69) is 342 Å². The first-order chi connectivity index (χ1) is 42.7. The van der Waals surface area contributed by atoms with Crippen LogP contribution in [0.5, 0.6) is 0 Å². The third kappa shape index (κ3) is 12.6. The van der Waals surface area contributed by atoms with Crippen molar-refractivity contribution < 1.29 is 4.57 Å². The van der Waals surface area contributed by atoms with Crippen LogP contribution in [0.25, 0.3) is 33.9 Å². The Morgan fingerprint density at radius 2 is 0.429 bits per heavy atom. The number of benzene rings is 8. The molecule has 0 aliphatic heterocycles. The highest BCUT2D eigenvalue weighted by Gasteiger charge is 2.41. The largest absolute Gasteiger partial charge is 0.220 e. The topological polar surface area (TPSA) is 65.3 Å². The Labute approximate surface area is 543 Å². The summed E-state index contributed by atoms with van der Waals surface area (Å²) in [6.07, 6.45) is 8.18. The molecule has 8 aromatic carbocycles. The van der Waals surface area contributed by atoms with Crippen molar-refractivity contribution in [3.63, 3.8) is 0 Å². The number of hydrogen-bond acceptors (Lipinski definition) is 4. The van der Waals surface area contributed by atoms with Crippen LogP contribution < -0.4 is 4.57 Å². The smallest absolute Gasteiger partial charge is 0.178 e. The molecule has 0 saturated carbocycles. The number of aromatic nitrogens is 7. The second-order valence-electron chi connectivity index (χ2n) is 31.6. The molecule has 11 aromatic rings. The van der Waals surface area contributed by atoms with Crippen LogP contribution in [0.15, 0.2) is 225 Å². The normalized spacial score (nSPS) is 13.0. The fraction of sp³-hybridized carbons (Fsp3) is 0.321. The zero-order valence-electron chi connectivity index (χ0n) is 57.5. The number of hydrogen-bond donors (Lipinski definition) is 0. The summed E-state index contributed by atoms with van der Waals surface area (Å²) in [6.45, 7) is 41.0. The number of pyridine rings is 1.